The Morgan fingerprint density at radius 2 is 1.47 bits per heavy atom. The predicted molar refractivity (Wildman–Crippen MR) is 130 cm³/mol. The van der Waals surface area contributed by atoms with Gasteiger partial charge >= 0.3 is 0 Å². The molecule has 2 aromatic carbocycles. The van der Waals surface area contributed by atoms with Crippen molar-refractivity contribution in [1.82, 2.24) is 15.0 Å². The number of nitrogens with two attached hydrogens (primary N) is 1. The average molecular weight is 417 g/mol. The maximum Gasteiger partial charge on any atom is 0.0788 e. The van der Waals surface area contributed by atoms with Crippen LogP contribution in [0.2, 0.25) is 0 Å². The van der Waals surface area contributed by atoms with Gasteiger partial charge in [-0.25, -0.2) is 4.98 Å². The molecule has 0 aliphatic carbocycles. The first-order chi connectivity index (χ1) is 15.8. The van der Waals surface area contributed by atoms with Gasteiger partial charge in [0.25, 0.3) is 0 Å². The van der Waals surface area contributed by atoms with Gasteiger partial charge in [-0.15, -0.1) is 0 Å². The second-order valence-corrected chi connectivity index (χ2v) is 7.83. The van der Waals surface area contributed by atoms with Crippen LogP contribution >= 0.6 is 0 Å². The molecule has 0 atom stereocenters. The van der Waals surface area contributed by atoms with E-state index in [9.17, 15) is 0 Å². The molecule has 4 heteroatoms. The number of aromatic nitrogens is 3. The molecule has 3 aromatic heterocycles. The molecule has 0 aliphatic heterocycles. The van der Waals surface area contributed by atoms with Crippen LogP contribution < -0.4 is 5.73 Å². The van der Waals surface area contributed by atoms with E-state index in [1.807, 2.05) is 30.7 Å². The molecule has 0 fully saturated rings. The fourth-order valence-electron chi connectivity index (χ4n) is 4.02. The van der Waals surface area contributed by atoms with Crippen molar-refractivity contribution in [3.8, 4) is 22.4 Å². The zero-order valence-electron chi connectivity index (χ0n) is 17.8. The molecule has 0 unspecified atom stereocenters. The summed E-state index contributed by atoms with van der Waals surface area (Å²) in [5.41, 5.74) is 14.5. The third kappa shape index (κ3) is 4.13. The van der Waals surface area contributed by atoms with Crippen molar-refractivity contribution >= 4 is 10.9 Å². The summed E-state index contributed by atoms with van der Waals surface area (Å²) in [6, 6.07) is 27.1. The summed E-state index contributed by atoms with van der Waals surface area (Å²) in [5, 5.41) is 1.10. The molecule has 156 valence electrons. The number of benzene rings is 2. The van der Waals surface area contributed by atoms with E-state index in [-0.39, 0.29) is 0 Å². The molecule has 2 N–H and O–H groups in total. The third-order valence-electron chi connectivity index (χ3n) is 5.77. The molecule has 4 nitrogen and oxygen atoms in total. The minimum absolute atomic E-state index is 0.531. The number of aryl methyl sites for hydroxylation is 2. The lowest BCUT2D eigenvalue weighted by Crippen LogP contribution is -1.99. The maximum atomic E-state index is 5.80. The van der Waals surface area contributed by atoms with Crippen LogP contribution in [0.25, 0.3) is 33.3 Å². The summed E-state index contributed by atoms with van der Waals surface area (Å²) < 4.78 is 0. The van der Waals surface area contributed by atoms with Gasteiger partial charge in [-0.3, -0.25) is 9.97 Å². The molecule has 0 saturated carbocycles. The van der Waals surface area contributed by atoms with Crippen molar-refractivity contribution in [2.75, 3.05) is 0 Å². The molecule has 32 heavy (non-hydrogen) atoms. The monoisotopic (exact) mass is 416 g/mol. The minimum Gasteiger partial charge on any atom is -0.326 e. The molecule has 0 spiro atoms. The van der Waals surface area contributed by atoms with E-state index in [0.29, 0.717) is 6.54 Å². The standard InChI is InChI=1S/C28H24N4/c29-19-21-6-9-23(10-7-21)28-24(22-4-2-1-3-5-22)18-25-26(31-17-14-27(25)32-28)11-8-20-12-15-30-16-13-20/h1-7,9-10,12-18H,8,11,19,29H2. The van der Waals surface area contributed by atoms with Gasteiger partial charge in [0.1, 0.15) is 0 Å². The van der Waals surface area contributed by atoms with Gasteiger partial charge in [0, 0.05) is 41.6 Å². The van der Waals surface area contributed by atoms with Crippen molar-refractivity contribution in [1.29, 1.82) is 0 Å². The lowest BCUT2D eigenvalue weighted by molar-refractivity contribution is 0.922. The lowest BCUT2D eigenvalue weighted by atomic mass is 9.96. The van der Waals surface area contributed by atoms with Crippen LogP contribution in [-0.2, 0) is 19.4 Å². The van der Waals surface area contributed by atoms with Crippen LogP contribution in [-0.4, -0.2) is 15.0 Å². The molecule has 5 rings (SSSR count). The van der Waals surface area contributed by atoms with Gasteiger partial charge < -0.3 is 5.73 Å². The number of pyridine rings is 3. The SMILES string of the molecule is NCc1ccc(-c2nc3ccnc(CCc4ccncc4)c3cc2-c2ccccc2)cc1. The molecule has 0 bridgehead atoms. The number of rotatable bonds is 6. The smallest absolute Gasteiger partial charge is 0.0788 e. The van der Waals surface area contributed by atoms with Crippen LogP contribution in [0.15, 0.2) is 97.5 Å². The zero-order chi connectivity index (χ0) is 21.8. The summed E-state index contributed by atoms with van der Waals surface area (Å²) in [4.78, 5) is 13.9. The lowest BCUT2D eigenvalue weighted by Gasteiger charge is -2.14. The molecular formula is C28H24N4. The minimum atomic E-state index is 0.531. The van der Waals surface area contributed by atoms with Crippen LogP contribution in [0.3, 0.4) is 0 Å². The Balaban J connectivity index is 1.63. The Hall–Kier alpha value is -3.89. The van der Waals surface area contributed by atoms with Crippen molar-refractivity contribution in [3.63, 3.8) is 0 Å². The van der Waals surface area contributed by atoms with E-state index in [0.717, 1.165) is 57.4 Å². The molecule has 0 aliphatic rings. The first kappa shape index (κ1) is 20.0. The van der Waals surface area contributed by atoms with Gasteiger partial charge in [-0.05, 0) is 53.8 Å². The van der Waals surface area contributed by atoms with E-state index in [2.05, 4.69) is 71.7 Å². The highest BCUT2D eigenvalue weighted by molar-refractivity contribution is 5.92. The highest BCUT2D eigenvalue weighted by Gasteiger charge is 2.14. The molecular weight excluding hydrogens is 392 g/mol. The Morgan fingerprint density at radius 1 is 0.688 bits per heavy atom. The van der Waals surface area contributed by atoms with E-state index < -0.39 is 0 Å². The fourth-order valence-corrected chi connectivity index (χ4v) is 4.02. The Kier molecular flexibility index (Phi) is 5.69. The van der Waals surface area contributed by atoms with E-state index in [1.165, 1.54) is 5.56 Å². The quantitative estimate of drug-likeness (QED) is 0.391. The predicted octanol–water partition coefficient (Wildman–Crippen LogP) is 5.60. The highest BCUT2D eigenvalue weighted by Crippen LogP contribution is 2.34. The Morgan fingerprint density at radius 3 is 2.22 bits per heavy atom. The number of nitrogens with zero attached hydrogens (tertiary/aromatic N) is 3. The van der Waals surface area contributed by atoms with E-state index >= 15 is 0 Å². The average Bonchev–Trinajstić information content (AvgIpc) is 2.88. The van der Waals surface area contributed by atoms with Gasteiger partial charge in [0.05, 0.1) is 16.9 Å². The van der Waals surface area contributed by atoms with Crippen LogP contribution in [0, 0.1) is 0 Å². The Labute approximate surface area is 187 Å². The fraction of sp³-hybridized carbons (Fsp3) is 0.107. The number of fused-ring (bicyclic) bond motifs is 1. The molecule has 3 heterocycles. The maximum absolute atomic E-state index is 5.80. The second-order valence-electron chi connectivity index (χ2n) is 7.83. The molecule has 0 saturated heterocycles. The van der Waals surface area contributed by atoms with Crippen LogP contribution in [0.5, 0.6) is 0 Å². The van der Waals surface area contributed by atoms with Gasteiger partial charge in [0.15, 0.2) is 0 Å². The normalized spacial score (nSPS) is 11.0. The highest BCUT2D eigenvalue weighted by atomic mass is 14.7. The van der Waals surface area contributed by atoms with Crippen molar-refractivity contribution in [3.05, 3.63) is 114 Å². The number of hydrogen-bond donors (Lipinski definition) is 1. The van der Waals surface area contributed by atoms with E-state index in [1.54, 1.807) is 0 Å². The first-order valence-electron chi connectivity index (χ1n) is 10.8. The first-order valence-corrected chi connectivity index (χ1v) is 10.8. The van der Waals surface area contributed by atoms with Gasteiger partial charge in [-0.1, -0.05) is 54.6 Å². The summed E-state index contributed by atoms with van der Waals surface area (Å²) in [5.74, 6) is 0. The van der Waals surface area contributed by atoms with Crippen molar-refractivity contribution in [2.45, 2.75) is 19.4 Å². The zero-order valence-corrected chi connectivity index (χ0v) is 17.8. The van der Waals surface area contributed by atoms with Crippen LogP contribution in [0.4, 0.5) is 0 Å². The van der Waals surface area contributed by atoms with Crippen LogP contribution in [0.1, 0.15) is 16.8 Å². The van der Waals surface area contributed by atoms with Gasteiger partial charge in [0.2, 0.25) is 0 Å². The second kappa shape index (κ2) is 9.08. The van der Waals surface area contributed by atoms with Crippen molar-refractivity contribution in [2.24, 2.45) is 5.73 Å². The van der Waals surface area contributed by atoms with Crippen molar-refractivity contribution < 1.29 is 0 Å². The summed E-state index contributed by atoms with van der Waals surface area (Å²) >= 11 is 0. The molecule has 0 radical (unpaired) electrons. The third-order valence-corrected chi connectivity index (χ3v) is 5.77. The van der Waals surface area contributed by atoms with Gasteiger partial charge in [-0.2, -0.15) is 0 Å². The largest absolute Gasteiger partial charge is 0.326 e. The van der Waals surface area contributed by atoms with E-state index in [4.69, 9.17) is 15.7 Å². The topological polar surface area (TPSA) is 64.7 Å². The molecule has 5 aromatic rings. The molecule has 0 amide bonds. The summed E-state index contributed by atoms with van der Waals surface area (Å²) in [7, 11) is 0. The Bertz CT molecular complexity index is 1330. The number of hydrogen-bond acceptors (Lipinski definition) is 4. The summed E-state index contributed by atoms with van der Waals surface area (Å²) in [6.07, 6.45) is 7.30. The summed E-state index contributed by atoms with van der Waals surface area (Å²) in [6.45, 7) is 0.531.